The van der Waals surface area contributed by atoms with Crippen LogP contribution in [0.15, 0.2) is 21.9 Å². The second kappa shape index (κ2) is 9.07. The van der Waals surface area contributed by atoms with E-state index in [2.05, 4.69) is 5.09 Å². The van der Waals surface area contributed by atoms with Crippen molar-refractivity contribution < 1.29 is 32.9 Å². The fraction of sp³-hybridized carbons (Fsp3) is 0.688. The summed E-state index contributed by atoms with van der Waals surface area (Å²) in [7, 11) is 3.25. The van der Waals surface area contributed by atoms with Crippen LogP contribution in [-0.2, 0) is 23.4 Å². The molecular formula is C16H23BFN3O8P+. The molecule has 2 radical (unpaired) electrons. The zero-order valence-electron chi connectivity index (χ0n) is 16.8. The molecule has 30 heavy (non-hydrogen) atoms. The van der Waals surface area contributed by atoms with E-state index in [1.165, 1.54) is 6.92 Å². The molecule has 0 aliphatic carbocycles. The number of carbonyl (C=O) groups is 1. The molecule has 164 valence electrons. The Bertz CT molecular complexity index is 922. The molecule has 1 aromatic rings. The predicted molar refractivity (Wildman–Crippen MR) is 103 cm³/mol. The summed E-state index contributed by atoms with van der Waals surface area (Å²) < 4.78 is 43.3. The highest BCUT2D eigenvalue weighted by Gasteiger charge is 2.61. The van der Waals surface area contributed by atoms with Gasteiger partial charge in [-0.15, -0.1) is 4.52 Å². The van der Waals surface area contributed by atoms with Crippen LogP contribution in [0.1, 0.15) is 33.9 Å². The first-order valence-electron chi connectivity index (χ1n) is 9.00. The summed E-state index contributed by atoms with van der Waals surface area (Å²) in [5.41, 5.74) is -6.42. The number of aliphatic hydroxyl groups is 1. The molecule has 1 unspecified atom stereocenters. The number of carbonyl (C=O) groups excluding carboxylic acids is 1. The molecule has 1 aliphatic heterocycles. The van der Waals surface area contributed by atoms with Crippen molar-refractivity contribution in [1.82, 2.24) is 14.6 Å². The number of hydrogen-bond acceptors (Lipinski definition) is 8. The van der Waals surface area contributed by atoms with Crippen LogP contribution in [0.2, 0.25) is 0 Å². The number of alkyl halides is 1. The van der Waals surface area contributed by atoms with Crippen LogP contribution >= 0.6 is 8.18 Å². The Morgan fingerprint density at radius 2 is 2.13 bits per heavy atom. The molecule has 2 rings (SSSR count). The van der Waals surface area contributed by atoms with Crippen LogP contribution in [0.25, 0.3) is 0 Å². The molecule has 0 bridgehead atoms. The van der Waals surface area contributed by atoms with Gasteiger partial charge < -0.3 is 14.6 Å². The van der Waals surface area contributed by atoms with Crippen molar-refractivity contribution in [3.63, 3.8) is 0 Å². The Hall–Kier alpha value is -1.92. The number of aromatic nitrogens is 2. The van der Waals surface area contributed by atoms with Gasteiger partial charge in [-0.25, -0.2) is 9.18 Å². The van der Waals surface area contributed by atoms with Gasteiger partial charge >= 0.3 is 19.8 Å². The Morgan fingerprint density at radius 1 is 1.50 bits per heavy atom. The average Bonchev–Trinajstić information content (AvgIpc) is 2.80. The molecule has 1 fully saturated rings. The summed E-state index contributed by atoms with van der Waals surface area (Å²) in [6.45, 7) is 4.91. The van der Waals surface area contributed by atoms with Crippen molar-refractivity contribution in [3.8, 4) is 0 Å². The van der Waals surface area contributed by atoms with E-state index in [0.717, 1.165) is 23.8 Å². The highest BCUT2D eigenvalue weighted by Crippen LogP contribution is 2.45. The highest BCUT2D eigenvalue weighted by molar-refractivity contribution is 7.36. The minimum Gasteiger partial charge on any atom is -0.462 e. The summed E-state index contributed by atoms with van der Waals surface area (Å²) in [6.07, 6.45) is -3.06. The summed E-state index contributed by atoms with van der Waals surface area (Å²) in [6, 6.07) is -0.00309. The molecule has 11 nitrogen and oxygen atoms in total. The maximum Gasteiger partial charge on any atom is 0.613 e. The summed E-state index contributed by atoms with van der Waals surface area (Å²) in [5.74, 6) is -0.662. The minimum atomic E-state index is -2.66. The van der Waals surface area contributed by atoms with Gasteiger partial charge in [0.25, 0.3) is 5.56 Å². The van der Waals surface area contributed by atoms with Crippen LogP contribution < -0.4 is 16.3 Å². The van der Waals surface area contributed by atoms with Crippen molar-refractivity contribution in [2.24, 2.45) is 0 Å². The quantitative estimate of drug-likeness (QED) is 0.276. The van der Waals surface area contributed by atoms with E-state index in [1.54, 1.807) is 13.8 Å². The van der Waals surface area contributed by atoms with Crippen molar-refractivity contribution in [1.29, 1.82) is 0 Å². The van der Waals surface area contributed by atoms with Gasteiger partial charge in [-0.2, -0.15) is 0 Å². The lowest BCUT2D eigenvalue weighted by molar-refractivity contribution is -0.149. The number of H-pyrrole nitrogens is 1. The molecule has 0 spiro atoms. The fourth-order valence-corrected chi connectivity index (χ4v) is 3.61. The highest BCUT2D eigenvalue weighted by atomic mass is 31.1. The lowest BCUT2D eigenvalue weighted by atomic mass is 9.74. The van der Waals surface area contributed by atoms with E-state index in [1.807, 2.05) is 4.98 Å². The van der Waals surface area contributed by atoms with Gasteiger partial charge in [-0.3, -0.25) is 19.1 Å². The normalized spacial score (nSPS) is 30.3. The molecule has 2 heterocycles. The molecule has 1 aliphatic rings. The maximum atomic E-state index is 15.2. The first-order valence-corrected chi connectivity index (χ1v) is 10.2. The molecule has 14 heteroatoms. The van der Waals surface area contributed by atoms with Crippen molar-refractivity contribution >= 4 is 22.0 Å². The topological polar surface area (TPSA) is 149 Å². The van der Waals surface area contributed by atoms with Gasteiger partial charge in [0, 0.05) is 12.3 Å². The Morgan fingerprint density at radius 3 is 2.70 bits per heavy atom. The second-order valence-electron chi connectivity index (χ2n) is 7.36. The zero-order valence-corrected chi connectivity index (χ0v) is 17.7. The van der Waals surface area contributed by atoms with Crippen LogP contribution in [0.3, 0.4) is 0 Å². The molecular weight excluding hydrogens is 423 g/mol. The van der Waals surface area contributed by atoms with Gasteiger partial charge in [0.15, 0.2) is 11.9 Å². The zero-order chi connectivity index (χ0) is 22.9. The summed E-state index contributed by atoms with van der Waals surface area (Å²) >= 11 is 0. The van der Waals surface area contributed by atoms with Crippen LogP contribution in [-0.4, -0.2) is 64.5 Å². The van der Waals surface area contributed by atoms with E-state index in [0.29, 0.717) is 0 Å². The van der Waals surface area contributed by atoms with Gasteiger partial charge in [-0.05, 0) is 32.3 Å². The van der Waals surface area contributed by atoms with E-state index in [4.69, 9.17) is 21.8 Å². The van der Waals surface area contributed by atoms with Gasteiger partial charge in [-0.1, -0.05) is 5.09 Å². The molecule has 6 atom stereocenters. The number of aromatic amines is 1. The van der Waals surface area contributed by atoms with E-state index >= 15 is 4.39 Å². The van der Waals surface area contributed by atoms with Crippen LogP contribution in [0.4, 0.5) is 4.39 Å². The van der Waals surface area contributed by atoms with Gasteiger partial charge in [0.1, 0.15) is 26.6 Å². The number of hydrogen-bond donors (Lipinski definition) is 3. The lowest BCUT2D eigenvalue weighted by Crippen LogP contribution is -2.50. The number of esters is 1. The molecule has 0 saturated carbocycles. The molecule has 1 aromatic heterocycles. The Kier molecular flexibility index (Phi) is 7.36. The maximum absolute atomic E-state index is 15.2. The molecule has 0 amide bonds. The van der Waals surface area contributed by atoms with Crippen LogP contribution in [0.5, 0.6) is 0 Å². The smallest absolute Gasteiger partial charge is 0.462 e. The molecule has 3 N–H and O–H groups in total. The number of ether oxygens (including phenoxy) is 2. The van der Waals surface area contributed by atoms with E-state index < -0.39 is 61.5 Å². The van der Waals surface area contributed by atoms with Crippen molar-refractivity contribution in [2.75, 3.05) is 6.61 Å². The molecule has 1 saturated heterocycles. The van der Waals surface area contributed by atoms with Crippen LogP contribution in [0, 0.1) is 0 Å². The number of aliphatic hydroxyl groups excluding tert-OH is 1. The minimum absolute atomic E-state index is 0.370. The Labute approximate surface area is 173 Å². The van der Waals surface area contributed by atoms with Crippen molar-refractivity contribution in [2.45, 2.75) is 63.3 Å². The predicted octanol–water partition coefficient (Wildman–Crippen LogP) is -0.377. The van der Waals surface area contributed by atoms with Gasteiger partial charge in [0.2, 0.25) is 0 Å². The van der Waals surface area contributed by atoms with E-state index in [-0.39, 0.29) is 6.10 Å². The monoisotopic (exact) mass is 446 g/mol. The third-order valence-corrected chi connectivity index (χ3v) is 5.29. The summed E-state index contributed by atoms with van der Waals surface area (Å²) in [4.78, 5) is 36.9. The fourth-order valence-electron chi connectivity index (χ4n) is 2.80. The van der Waals surface area contributed by atoms with E-state index in [9.17, 15) is 24.1 Å². The number of nitrogens with zero attached hydrogens (tertiary/aromatic N) is 1. The van der Waals surface area contributed by atoms with Crippen molar-refractivity contribution in [3.05, 3.63) is 33.1 Å². The average molecular weight is 446 g/mol. The SMILES string of the molecule is [B][C@]1(CO[P+](=O)N[C@@H](C)C(=O)OC(C)C)O[C@@H](n2ccc(=O)[nH]c2=O)[C@](C)(F)[C@@H]1O. The lowest BCUT2D eigenvalue weighted by Gasteiger charge is -2.27. The number of nitrogens with one attached hydrogen (secondary N) is 2. The third-order valence-electron chi connectivity index (χ3n) is 4.33. The number of rotatable bonds is 8. The third kappa shape index (κ3) is 5.22. The first-order chi connectivity index (χ1) is 13.8. The number of halogens is 1. The van der Waals surface area contributed by atoms with Gasteiger partial charge in [0.05, 0.1) is 11.6 Å². The summed E-state index contributed by atoms with van der Waals surface area (Å²) in [5, 5.41) is 12.7. The Balaban J connectivity index is 2.08. The molecule has 0 aromatic carbocycles. The standard InChI is InChI=1S/C16H22BFN3O8P/c1-8(2)28-11(23)9(3)20-30(26)27-7-16(17)12(24)15(4,18)13(29-16)21-6-5-10(22)19-14(21)25/h5-6,8-9,12-13,24H,7H2,1-4H3,(H-,19,20,22,25,26)/p+1/t9-,12-,13+,15+,16+/m0/s1. The second-order valence-corrected chi connectivity index (χ2v) is 8.39. The largest absolute Gasteiger partial charge is 0.613 e. The first kappa shape index (κ1) is 24.4.